The molecule has 72 valence electrons. The molecule has 0 aromatic rings. The minimum absolute atomic E-state index is 0.599. The first kappa shape index (κ1) is 12.7. The Labute approximate surface area is 93.1 Å². The summed E-state index contributed by atoms with van der Waals surface area (Å²) in [4.78, 5) is 1.22. The van der Waals surface area contributed by atoms with Crippen LogP contribution in [-0.4, -0.2) is 9.65 Å². The number of allylic oxidation sites excluding steroid dienone is 1. The molecule has 0 radical (unpaired) electrons. The lowest BCUT2D eigenvalue weighted by atomic mass is 10.1. The van der Waals surface area contributed by atoms with Crippen LogP contribution in [0.5, 0.6) is 0 Å². The quantitative estimate of drug-likeness (QED) is 0.473. The third-order valence-corrected chi connectivity index (χ3v) is 4.77. The normalized spacial score (nSPS) is 15.6. The zero-order chi connectivity index (χ0) is 9.40. The highest BCUT2D eigenvalue weighted by Crippen LogP contribution is 2.23. The lowest BCUT2D eigenvalue weighted by molar-refractivity contribution is 0.650. The smallest absolute Gasteiger partial charge is 0.0274 e. The maximum absolute atomic E-state index is 3.72. The second kappa shape index (κ2) is 8.31. The Morgan fingerprint density at radius 1 is 1.25 bits per heavy atom. The van der Waals surface area contributed by atoms with Crippen LogP contribution < -0.4 is 0 Å². The van der Waals surface area contributed by atoms with Gasteiger partial charge in [-0.2, -0.15) is 0 Å². The summed E-state index contributed by atoms with van der Waals surface area (Å²) < 4.78 is 0. The highest BCUT2D eigenvalue weighted by molar-refractivity contribution is 9.12. The van der Waals surface area contributed by atoms with Gasteiger partial charge >= 0.3 is 0 Å². The van der Waals surface area contributed by atoms with Crippen molar-refractivity contribution in [3.63, 3.8) is 0 Å². The minimum Gasteiger partial charge on any atom is -0.103 e. The summed E-state index contributed by atoms with van der Waals surface area (Å²) in [6.45, 7) is 5.95. The van der Waals surface area contributed by atoms with E-state index in [4.69, 9.17) is 0 Å². The average Bonchev–Trinajstić information content (AvgIpc) is 2.10. The molecule has 0 saturated carbocycles. The summed E-state index contributed by atoms with van der Waals surface area (Å²) in [6.07, 6.45) is 8.13. The third kappa shape index (κ3) is 6.24. The molecule has 0 aliphatic rings. The van der Waals surface area contributed by atoms with Crippen LogP contribution in [0.4, 0.5) is 0 Å². The van der Waals surface area contributed by atoms with E-state index in [2.05, 4.69) is 45.4 Å². The van der Waals surface area contributed by atoms with Gasteiger partial charge in [-0.3, -0.25) is 0 Å². The first-order valence-electron chi connectivity index (χ1n) is 4.61. The molecule has 0 N–H and O–H groups in total. The van der Waals surface area contributed by atoms with E-state index in [-0.39, 0.29) is 0 Å². The van der Waals surface area contributed by atoms with Gasteiger partial charge in [0.15, 0.2) is 0 Å². The van der Waals surface area contributed by atoms with Gasteiger partial charge in [0, 0.05) is 9.65 Å². The van der Waals surface area contributed by atoms with Crippen molar-refractivity contribution < 1.29 is 0 Å². The number of unbranched alkanes of at least 4 members (excludes halogenated alkanes) is 1. The summed E-state index contributed by atoms with van der Waals surface area (Å²) in [5.41, 5.74) is 0. The van der Waals surface area contributed by atoms with Crippen molar-refractivity contribution >= 4 is 31.9 Å². The molecular formula is C10H18Br2. The van der Waals surface area contributed by atoms with Gasteiger partial charge in [0.25, 0.3) is 0 Å². The lowest BCUT2D eigenvalue weighted by Crippen LogP contribution is -2.13. The van der Waals surface area contributed by atoms with Crippen LogP contribution in [0.25, 0.3) is 0 Å². The molecule has 0 aliphatic carbocycles. The van der Waals surface area contributed by atoms with Gasteiger partial charge in [-0.1, -0.05) is 57.7 Å². The van der Waals surface area contributed by atoms with E-state index >= 15 is 0 Å². The number of hydrogen-bond acceptors (Lipinski definition) is 0. The second-order valence-electron chi connectivity index (χ2n) is 3.04. The molecule has 0 rings (SSSR count). The molecule has 0 heterocycles. The molecule has 2 atom stereocenters. The molecule has 0 aromatic carbocycles. The fourth-order valence-corrected chi connectivity index (χ4v) is 2.15. The van der Waals surface area contributed by atoms with E-state index in [0.717, 1.165) is 6.42 Å². The maximum Gasteiger partial charge on any atom is 0.0274 e. The first-order chi connectivity index (χ1) is 5.72. The van der Waals surface area contributed by atoms with Crippen molar-refractivity contribution in [3.05, 3.63) is 12.7 Å². The minimum atomic E-state index is 0.599. The first-order valence-corrected chi connectivity index (χ1v) is 6.44. The van der Waals surface area contributed by atoms with Crippen molar-refractivity contribution in [3.8, 4) is 0 Å². The van der Waals surface area contributed by atoms with E-state index < -0.39 is 0 Å². The van der Waals surface area contributed by atoms with Crippen molar-refractivity contribution in [1.82, 2.24) is 0 Å². The molecule has 0 saturated heterocycles. The van der Waals surface area contributed by atoms with Gasteiger partial charge in [0.2, 0.25) is 0 Å². The molecule has 2 heteroatoms. The highest BCUT2D eigenvalue weighted by Gasteiger charge is 2.13. The van der Waals surface area contributed by atoms with E-state index in [1.54, 1.807) is 0 Å². The topological polar surface area (TPSA) is 0 Å². The molecular weight excluding hydrogens is 280 g/mol. The van der Waals surface area contributed by atoms with Gasteiger partial charge in [-0.25, -0.2) is 0 Å². The zero-order valence-electron chi connectivity index (χ0n) is 7.73. The van der Waals surface area contributed by atoms with Crippen LogP contribution in [0.3, 0.4) is 0 Å². The van der Waals surface area contributed by atoms with Crippen LogP contribution in [0.15, 0.2) is 12.7 Å². The SMILES string of the molecule is C=CCCC(Br)C(Br)CCCC. The van der Waals surface area contributed by atoms with E-state index in [0.29, 0.717) is 9.65 Å². The van der Waals surface area contributed by atoms with Crippen LogP contribution in [0, 0.1) is 0 Å². The zero-order valence-corrected chi connectivity index (χ0v) is 10.9. The summed E-state index contributed by atoms with van der Waals surface area (Å²) in [5, 5.41) is 0. The molecule has 0 spiro atoms. The number of hydrogen-bond donors (Lipinski definition) is 0. The predicted molar refractivity (Wildman–Crippen MR) is 64.4 cm³/mol. The lowest BCUT2D eigenvalue weighted by Gasteiger charge is -2.15. The van der Waals surface area contributed by atoms with Gasteiger partial charge in [-0.15, -0.1) is 6.58 Å². The Morgan fingerprint density at radius 3 is 2.33 bits per heavy atom. The number of halogens is 2. The van der Waals surface area contributed by atoms with Crippen molar-refractivity contribution in [2.45, 2.75) is 48.7 Å². The molecule has 0 bridgehead atoms. The Bertz CT molecular complexity index is 112. The predicted octanol–water partition coefficient (Wildman–Crippen LogP) is 4.67. The second-order valence-corrected chi connectivity index (χ2v) is 5.39. The van der Waals surface area contributed by atoms with Crippen LogP contribution >= 0.6 is 31.9 Å². The maximum atomic E-state index is 3.72. The van der Waals surface area contributed by atoms with Crippen LogP contribution in [-0.2, 0) is 0 Å². The van der Waals surface area contributed by atoms with Crippen LogP contribution in [0.2, 0.25) is 0 Å². The summed E-state index contributed by atoms with van der Waals surface area (Å²) in [5.74, 6) is 0. The fourth-order valence-electron chi connectivity index (χ4n) is 1.04. The molecule has 12 heavy (non-hydrogen) atoms. The highest BCUT2D eigenvalue weighted by atomic mass is 79.9. The van der Waals surface area contributed by atoms with Crippen molar-refractivity contribution in [2.75, 3.05) is 0 Å². The van der Waals surface area contributed by atoms with Gasteiger partial charge in [0.05, 0.1) is 0 Å². The van der Waals surface area contributed by atoms with Gasteiger partial charge in [0.1, 0.15) is 0 Å². The van der Waals surface area contributed by atoms with Crippen LogP contribution in [0.1, 0.15) is 39.0 Å². The number of alkyl halides is 2. The van der Waals surface area contributed by atoms with E-state index in [9.17, 15) is 0 Å². The monoisotopic (exact) mass is 296 g/mol. The molecule has 2 unspecified atom stereocenters. The molecule has 0 aliphatic heterocycles. The summed E-state index contributed by atoms with van der Waals surface area (Å²) in [6, 6.07) is 0. The molecule has 0 nitrogen and oxygen atoms in total. The van der Waals surface area contributed by atoms with Crippen molar-refractivity contribution in [2.24, 2.45) is 0 Å². The summed E-state index contributed by atoms with van der Waals surface area (Å²) >= 11 is 7.37. The average molecular weight is 298 g/mol. The molecule has 0 amide bonds. The standard InChI is InChI=1S/C10H18Br2/c1-3-5-7-9(11)10(12)8-6-4-2/h3,9-10H,1,4-8H2,2H3. The Kier molecular flexibility index (Phi) is 8.79. The molecule has 0 fully saturated rings. The van der Waals surface area contributed by atoms with Gasteiger partial charge in [-0.05, 0) is 19.3 Å². The van der Waals surface area contributed by atoms with Gasteiger partial charge < -0.3 is 0 Å². The fraction of sp³-hybridized carbons (Fsp3) is 0.800. The van der Waals surface area contributed by atoms with E-state index in [1.807, 2.05) is 6.08 Å². The van der Waals surface area contributed by atoms with Crippen molar-refractivity contribution in [1.29, 1.82) is 0 Å². The Morgan fingerprint density at radius 2 is 1.83 bits per heavy atom. The largest absolute Gasteiger partial charge is 0.103 e. The molecule has 0 aromatic heterocycles. The summed E-state index contributed by atoms with van der Waals surface area (Å²) in [7, 11) is 0. The third-order valence-electron chi connectivity index (χ3n) is 1.87. The number of rotatable bonds is 7. The Hall–Kier alpha value is 0.700. The van der Waals surface area contributed by atoms with E-state index in [1.165, 1.54) is 25.7 Å². The Balaban J connectivity index is 3.45.